The number of esters is 1. The first kappa shape index (κ1) is 15.5. The Morgan fingerprint density at radius 3 is 1.88 bits per heavy atom. The van der Waals surface area contributed by atoms with Crippen molar-refractivity contribution in [1.29, 1.82) is 5.26 Å². The maximum Gasteiger partial charge on any atom is 0.413 e. The first-order valence-corrected chi connectivity index (χ1v) is 4.16. The van der Waals surface area contributed by atoms with Crippen molar-refractivity contribution in [2.45, 2.75) is 25.7 Å². The molecule has 0 radical (unpaired) electrons. The lowest BCUT2D eigenvalue weighted by atomic mass is 9.89. The van der Waals surface area contributed by atoms with Crippen molar-refractivity contribution in [3.63, 3.8) is 0 Å². The molecule has 3 nitrogen and oxygen atoms in total. The molecule has 0 heterocycles. The van der Waals surface area contributed by atoms with Crippen molar-refractivity contribution < 1.29 is 35.9 Å². The lowest BCUT2D eigenvalue weighted by Crippen LogP contribution is -2.54. The summed E-state index contributed by atoms with van der Waals surface area (Å²) in [5.41, 5.74) is -4.59. The van der Waals surface area contributed by atoms with Crippen LogP contribution in [0.3, 0.4) is 0 Å². The van der Waals surface area contributed by atoms with Gasteiger partial charge in [-0.05, 0) is 6.92 Å². The molecule has 0 spiro atoms. The average molecular weight is 263 g/mol. The molecule has 9 heteroatoms. The van der Waals surface area contributed by atoms with Crippen molar-refractivity contribution in [1.82, 2.24) is 0 Å². The van der Waals surface area contributed by atoms with E-state index < -0.39 is 36.8 Å². The van der Waals surface area contributed by atoms with Crippen molar-refractivity contribution in [3.8, 4) is 6.07 Å². The summed E-state index contributed by atoms with van der Waals surface area (Å²) in [4.78, 5) is 10.9. The molecule has 0 amide bonds. The van der Waals surface area contributed by atoms with Crippen LogP contribution in [-0.2, 0) is 9.53 Å². The van der Waals surface area contributed by atoms with Crippen LogP contribution in [-0.4, -0.2) is 24.9 Å². The molecule has 17 heavy (non-hydrogen) atoms. The summed E-state index contributed by atoms with van der Waals surface area (Å²) in [5, 5.41) is 8.02. The summed E-state index contributed by atoms with van der Waals surface area (Å²) >= 11 is 0. The molecule has 0 unspecified atom stereocenters. The second-order valence-corrected chi connectivity index (χ2v) is 3.16. The van der Waals surface area contributed by atoms with Crippen LogP contribution in [0.2, 0.25) is 0 Å². The lowest BCUT2D eigenvalue weighted by Gasteiger charge is -2.31. The van der Waals surface area contributed by atoms with Gasteiger partial charge in [0, 0.05) is 0 Å². The van der Waals surface area contributed by atoms with Gasteiger partial charge in [-0.15, -0.1) is 0 Å². The van der Waals surface area contributed by atoms with Crippen LogP contribution >= 0.6 is 0 Å². The predicted octanol–water partition coefficient (Wildman–Crippen LogP) is 2.57. The van der Waals surface area contributed by atoms with Crippen LogP contribution in [0.25, 0.3) is 0 Å². The molecule has 0 aromatic rings. The maximum atomic E-state index is 12.3. The summed E-state index contributed by atoms with van der Waals surface area (Å²) in [6, 6.07) is 1.41. The molecule has 0 aromatic carbocycles. The van der Waals surface area contributed by atoms with Crippen LogP contribution in [0.4, 0.5) is 26.3 Å². The van der Waals surface area contributed by atoms with E-state index in [0.29, 0.717) is 0 Å². The van der Waals surface area contributed by atoms with Gasteiger partial charge in [0.15, 0.2) is 0 Å². The molecule has 0 atom stereocenters. The SMILES string of the molecule is CC(C(=O)OCCC#N)(C(F)(F)F)C(F)(F)F. The predicted molar refractivity (Wildman–Crippen MR) is 41.4 cm³/mol. The fraction of sp³-hybridized carbons (Fsp3) is 0.750. The Balaban J connectivity index is 5.11. The van der Waals surface area contributed by atoms with E-state index in [4.69, 9.17) is 5.26 Å². The van der Waals surface area contributed by atoms with E-state index in [0.717, 1.165) is 0 Å². The van der Waals surface area contributed by atoms with Crippen molar-refractivity contribution in [2.24, 2.45) is 5.41 Å². The number of alkyl halides is 6. The molecular formula is C8H7F6NO2. The molecule has 0 saturated heterocycles. The number of halogens is 6. The highest BCUT2D eigenvalue weighted by molar-refractivity contribution is 5.78. The highest BCUT2D eigenvalue weighted by atomic mass is 19.4. The molecule has 98 valence electrons. The number of carbonyl (C=O) groups excluding carboxylic acids is 1. The Bertz CT molecular complexity index is 312. The van der Waals surface area contributed by atoms with Gasteiger partial charge in [-0.25, -0.2) is 0 Å². The van der Waals surface area contributed by atoms with E-state index in [9.17, 15) is 31.1 Å². The van der Waals surface area contributed by atoms with Crippen LogP contribution in [0, 0.1) is 16.7 Å². The Hall–Kier alpha value is -1.46. The number of hydrogen-bond donors (Lipinski definition) is 0. The summed E-state index contributed by atoms with van der Waals surface area (Å²) in [5.74, 6) is -2.47. The third-order valence-corrected chi connectivity index (χ3v) is 1.99. The molecule has 0 aliphatic heterocycles. The largest absolute Gasteiger partial charge is 0.464 e. The molecule has 0 N–H and O–H groups in total. The van der Waals surface area contributed by atoms with E-state index in [1.807, 2.05) is 0 Å². The van der Waals surface area contributed by atoms with E-state index in [1.165, 1.54) is 6.07 Å². The van der Waals surface area contributed by atoms with Gasteiger partial charge >= 0.3 is 18.3 Å². The normalized spacial score (nSPS) is 13.1. The highest BCUT2D eigenvalue weighted by Gasteiger charge is 2.73. The second kappa shape index (κ2) is 4.81. The van der Waals surface area contributed by atoms with E-state index in [2.05, 4.69) is 4.74 Å². The lowest BCUT2D eigenvalue weighted by molar-refractivity contribution is -0.326. The first-order valence-electron chi connectivity index (χ1n) is 4.16. The van der Waals surface area contributed by atoms with Gasteiger partial charge in [-0.3, -0.25) is 4.79 Å². The number of hydrogen-bond acceptors (Lipinski definition) is 3. The van der Waals surface area contributed by atoms with Crippen LogP contribution in [0.5, 0.6) is 0 Å². The summed E-state index contributed by atoms with van der Waals surface area (Å²) in [6.45, 7) is -1.13. The third-order valence-electron chi connectivity index (χ3n) is 1.99. The number of ether oxygens (including phenoxy) is 1. The number of carbonyl (C=O) groups is 1. The Labute approximate surface area is 92.0 Å². The minimum absolute atomic E-state index is 0.304. The van der Waals surface area contributed by atoms with Gasteiger partial charge in [-0.1, -0.05) is 0 Å². The topological polar surface area (TPSA) is 50.1 Å². The van der Waals surface area contributed by atoms with E-state index >= 15 is 0 Å². The van der Waals surface area contributed by atoms with Crippen LogP contribution < -0.4 is 0 Å². The van der Waals surface area contributed by atoms with Gasteiger partial charge in [0.2, 0.25) is 0 Å². The van der Waals surface area contributed by atoms with Crippen molar-refractivity contribution in [2.75, 3.05) is 6.61 Å². The van der Waals surface area contributed by atoms with Crippen LogP contribution in [0.1, 0.15) is 13.3 Å². The molecule has 0 aromatic heterocycles. The number of rotatable bonds is 3. The maximum absolute atomic E-state index is 12.3. The minimum Gasteiger partial charge on any atom is -0.464 e. The first-order chi connectivity index (χ1) is 7.48. The van der Waals surface area contributed by atoms with Gasteiger partial charge in [0.25, 0.3) is 5.41 Å². The average Bonchev–Trinajstić information content (AvgIpc) is 2.13. The second-order valence-electron chi connectivity index (χ2n) is 3.16. The monoisotopic (exact) mass is 263 g/mol. The van der Waals surface area contributed by atoms with Gasteiger partial charge in [-0.2, -0.15) is 31.6 Å². The molecule has 0 aliphatic carbocycles. The van der Waals surface area contributed by atoms with E-state index in [1.54, 1.807) is 0 Å². The molecule has 0 fully saturated rings. The zero-order chi connectivity index (χ0) is 13.9. The number of nitriles is 1. The van der Waals surface area contributed by atoms with Crippen molar-refractivity contribution >= 4 is 5.97 Å². The molecule has 0 rings (SSSR count). The highest BCUT2D eigenvalue weighted by Crippen LogP contribution is 2.50. The minimum atomic E-state index is -5.82. The third kappa shape index (κ3) is 3.01. The summed E-state index contributed by atoms with van der Waals surface area (Å²) in [6.07, 6.45) is -12.1. The van der Waals surface area contributed by atoms with Crippen molar-refractivity contribution in [3.05, 3.63) is 0 Å². The molecular weight excluding hydrogens is 256 g/mol. The molecule has 0 aliphatic rings. The Kier molecular flexibility index (Phi) is 4.40. The molecule has 0 bridgehead atoms. The van der Waals surface area contributed by atoms with E-state index in [-0.39, 0.29) is 6.92 Å². The zero-order valence-corrected chi connectivity index (χ0v) is 8.45. The van der Waals surface area contributed by atoms with Gasteiger partial charge in [0.1, 0.15) is 6.61 Å². The van der Waals surface area contributed by atoms with Gasteiger partial charge in [0.05, 0.1) is 12.5 Å². The fourth-order valence-corrected chi connectivity index (χ4v) is 0.726. The molecule has 0 saturated carbocycles. The summed E-state index contributed by atoms with van der Waals surface area (Å²) < 4.78 is 77.4. The Morgan fingerprint density at radius 2 is 1.59 bits per heavy atom. The standard InChI is InChI=1S/C8H7F6NO2/c1-6(7(9,10)11,8(12,13)14)5(16)17-4-2-3-15/h2,4H2,1H3. The Morgan fingerprint density at radius 1 is 1.18 bits per heavy atom. The quantitative estimate of drug-likeness (QED) is 0.446. The van der Waals surface area contributed by atoms with Gasteiger partial charge < -0.3 is 4.74 Å². The summed E-state index contributed by atoms with van der Waals surface area (Å²) in [7, 11) is 0. The zero-order valence-electron chi connectivity index (χ0n) is 8.45. The van der Waals surface area contributed by atoms with Crippen LogP contribution in [0.15, 0.2) is 0 Å². The number of nitrogens with zero attached hydrogens (tertiary/aromatic N) is 1. The fourth-order valence-electron chi connectivity index (χ4n) is 0.726. The smallest absolute Gasteiger partial charge is 0.413 e.